The zero-order chi connectivity index (χ0) is 10.7. The van der Waals surface area contributed by atoms with E-state index in [0.29, 0.717) is 0 Å². The molecule has 2 aromatic rings. The highest BCUT2D eigenvalue weighted by atomic mass is 32.1. The molecular formula is C11H11N3S. The van der Waals surface area contributed by atoms with Crippen molar-refractivity contribution >= 4 is 16.9 Å². The van der Waals surface area contributed by atoms with Crippen LogP contribution in [0.1, 0.15) is 23.2 Å². The molecule has 4 heteroatoms. The lowest BCUT2D eigenvalue weighted by Gasteiger charge is -1.99. The summed E-state index contributed by atoms with van der Waals surface area (Å²) in [7, 11) is 0. The summed E-state index contributed by atoms with van der Waals surface area (Å²) in [5, 5.41) is 3.01. The Morgan fingerprint density at radius 1 is 1.40 bits per heavy atom. The molecule has 2 aromatic heterocycles. The van der Waals surface area contributed by atoms with E-state index in [1.165, 1.54) is 6.33 Å². The molecule has 0 atom stereocenters. The molecule has 0 aliphatic heterocycles. The quantitative estimate of drug-likeness (QED) is 0.793. The Kier molecular flexibility index (Phi) is 2.87. The van der Waals surface area contributed by atoms with Gasteiger partial charge in [0.05, 0.1) is 5.69 Å². The van der Waals surface area contributed by atoms with Crippen molar-refractivity contribution in [1.82, 2.24) is 15.0 Å². The largest absolute Gasteiger partial charge is 0.244 e. The molecule has 0 saturated heterocycles. The molecule has 0 aromatic carbocycles. The Hall–Kier alpha value is -1.55. The normalized spacial score (nSPS) is 10.2. The highest BCUT2D eigenvalue weighted by molar-refractivity contribution is 7.10. The molecule has 0 aliphatic carbocycles. The van der Waals surface area contributed by atoms with Gasteiger partial charge >= 0.3 is 0 Å². The summed E-state index contributed by atoms with van der Waals surface area (Å²) in [5.41, 5.74) is 2.92. The fourth-order valence-electron chi connectivity index (χ4n) is 1.19. The Morgan fingerprint density at radius 3 is 2.73 bits per heavy atom. The smallest absolute Gasteiger partial charge is 0.123 e. The van der Waals surface area contributed by atoms with E-state index in [2.05, 4.69) is 33.8 Å². The Balaban J connectivity index is 2.29. The summed E-state index contributed by atoms with van der Waals surface area (Å²) < 4.78 is 0. The number of nitrogens with zero attached hydrogens (tertiary/aromatic N) is 3. The van der Waals surface area contributed by atoms with Crippen LogP contribution in [0, 0.1) is 0 Å². The number of aromatic nitrogens is 3. The lowest BCUT2D eigenvalue weighted by atomic mass is 10.2. The minimum atomic E-state index is 0.889. The molecule has 76 valence electrons. The first-order valence-electron chi connectivity index (χ1n) is 4.70. The van der Waals surface area contributed by atoms with Gasteiger partial charge in [-0.1, -0.05) is 13.5 Å². The van der Waals surface area contributed by atoms with Gasteiger partial charge in [-0.25, -0.2) is 15.0 Å². The van der Waals surface area contributed by atoms with Crippen LogP contribution in [-0.4, -0.2) is 15.0 Å². The summed E-state index contributed by atoms with van der Waals surface area (Å²) in [6.07, 6.45) is 5.97. The van der Waals surface area contributed by atoms with Gasteiger partial charge in [0.25, 0.3) is 0 Å². The summed E-state index contributed by atoms with van der Waals surface area (Å²) in [4.78, 5) is 12.4. The molecule has 0 fully saturated rings. The minimum absolute atomic E-state index is 0.889. The van der Waals surface area contributed by atoms with Crippen LogP contribution in [-0.2, 0) is 6.42 Å². The van der Waals surface area contributed by atoms with E-state index in [1.54, 1.807) is 23.7 Å². The van der Waals surface area contributed by atoms with Crippen LogP contribution in [0.2, 0.25) is 0 Å². The summed E-state index contributed by atoms with van der Waals surface area (Å²) in [6.45, 7) is 6.10. The highest BCUT2D eigenvalue weighted by Crippen LogP contribution is 2.23. The number of hydrogen-bond acceptors (Lipinski definition) is 4. The maximum Gasteiger partial charge on any atom is 0.123 e. The van der Waals surface area contributed by atoms with Crippen LogP contribution in [0.25, 0.3) is 5.57 Å². The molecule has 3 nitrogen and oxygen atoms in total. The van der Waals surface area contributed by atoms with Gasteiger partial charge in [0.2, 0.25) is 0 Å². The molecule has 15 heavy (non-hydrogen) atoms. The van der Waals surface area contributed by atoms with Gasteiger partial charge in [0.1, 0.15) is 11.3 Å². The van der Waals surface area contributed by atoms with E-state index in [4.69, 9.17) is 0 Å². The van der Waals surface area contributed by atoms with Crippen LogP contribution < -0.4 is 0 Å². The summed E-state index contributed by atoms with van der Waals surface area (Å²) in [5.74, 6) is 0. The van der Waals surface area contributed by atoms with E-state index in [0.717, 1.165) is 28.3 Å². The number of rotatable bonds is 3. The number of hydrogen-bond donors (Lipinski definition) is 0. The monoisotopic (exact) mass is 217 g/mol. The van der Waals surface area contributed by atoms with Crippen LogP contribution in [0.4, 0.5) is 0 Å². The average Bonchev–Trinajstić information content (AvgIpc) is 2.78. The van der Waals surface area contributed by atoms with E-state index in [9.17, 15) is 0 Å². The van der Waals surface area contributed by atoms with Gasteiger partial charge in [-0.3, -0.25) is 0 Å². The van der Waals surface area contributed by atoms with Gasteiger partial charge in [-0.2, -0.15) is 0 Å². The minimum Gasteiger partial charge on any atom is -0.244 e. The first-order valence-corrected chi connectivity index (χ1v) is 5.58. The van der Waals surface area contributed by atoms with Crippen LogP contribution in [0.5, 0.6) is 0 Å². The lowest BCUT2D eigenvalue weighted by molar-refractivity contribution is 1.06. The van der Waals surface area contributed by atoms with Gasteiger partial charge in [0.15, 0.2) is 0 Å². The van der Waals surface area contributed by atoms with Crippen molar-refractivity contribution in [3.05, 3.63) is 46.9 Å². The van der Waals surface area contributed by atoms with E-state index < -0.39 is 0 Å². The zero-order valence-electron chi connectivity index (χ0n) is 8.47. The zero-order valence-corrected chi connectivity index (χ0v) is 9.29. The molecular weight excluding hydrogens is 206 g/mol. The van der Waals surface area contributed by atoms with Crippen LogP contribution in [0.3, 0.4) is 0 Å². The van der Waals surface area contributed by atoms with E-state index in [1.807, 2.05) is 0 Å². The predicted molar refractivity (Wildman–Crippen MR) is 61.7 cm³/mol. The lowest BCUT2D eigenvalue weighted by Crippen LogP contribution is -1.89. The Bertz CT molecular complexity index is 462. The van der Waals surface area contributed by atoms with Gasteiger partial charge < -0.3 is 0 Å². The first kappa shape index (κ1) is 9.98. The summed E-state index contributed by atoms with van der Waals surface area (Å²) >= 11 is 1.61. The maximum atomic E-state index is 4.47. The second-order valence-electron chi connectivity index (χ2n) is 3.10. The molecule has 0 bridgehead atoms. The molecule has 0 amide bonds. The van der Waals surface area contributed by atoms with Gasteiger partial charge in [-0.05, 0) is 6.42 Å². The van der Waals surface area contributed by atoms with Crippen molar-refractivity contribution in [2.75, 3.05) is 0 Å². The molecule has 0 unspecified atom stereocenters. The molecule has 2 rings (SSSR count). The van der Waals surface area contributed by atoms with Crippen molar-refractivity contribution in [3.63, 3.8) is 0 Å². The molecule has 0 saturated carbocycles. The molecule has 0 radical (unpaired) electrons. The summed E-state index contributed by atoms with van der Waals surface area (Å²) in [6, 6.07) is 0. The second kappa shape index (κ2) is 4.31. The highest BCUT2D eigenvalue weighted by Gasteiger charge is 2.07. The maximum absolute atomic E-state index is 4.47. The topological polar surface area (TPSA) is 38.7 Å². The molecule has 0 N–H and O–H groups in total. The van der Waals surface area contributed by atoms with E-state index >= 15 is 0 Å². The average molecular weight is 217 g/mol. The third-order valence-electron chi connectivity index (χ3n) is 2.08. The number of aryl methyl sites for hydroxylation is 1. The fraction of sp³-hybridized carbons (Fsp3) is 0.182. The molecule has 0 spiro atoms. The van der Waals surface area contributed by atoms with Crippen molar-refractivity contribution in [3.8, 4) is 0 Å². The molecule has 2 heterocycles. The van der Waals surface area contributed by atoms with Gasteiger partial charge in [-0.15, -0.1) is 11.3 Å². The SMILES string of the molecule is C=C(c1cncnc1)c1nc(CC)cs1. The second-order valence-corrected chi connectivity index (χ2v) is 3.96. The van der Waals surface area contributed by atoms with Gasteiger partial charge in [0, 0.05) is 28.9 Å². The number of thiazole rings is 1. The van der Waals surface area contributed by atoms with E-state index in [-0.39, 0.29) is 0 Å². The van der Waals surface area contributed by atoms with Crippen LogP contribution in [0.15, 0.2) is 30.7 Å². The third-order valence-corrected chi connectivity index (χ3v) is 3.03. The third kappa shape index (κ3) is 2.10. The van der Waals surface area contributed by atoms with Crippen molar-refractivity contribution in [1.29, 1.82) is 0 Å². The van der Waals surface area contributed by atoms with Crippen molar-refractivity contribution in [2.45, 2.75) is 13.3 Å². The van der Waals surface area contributed by atoms with Crippen LogP contribution >= 0.6 is 11.3 Å². The van der Waals surface area contributed by atoms with Crippen molar-refractivity contribution < 1.29 is 0 Å². The Labute approximate surface area is 92.6 Å². The molecule has 0 aliphatic rings. The van der Waals surface area contributed by atoms with Crippen molar-refractivity contribution in [2.24, 2.45) is 0 Å². The Morgan fingerprint density at radius 2 is 2.13 bits per heavy atom. The predicted octanol–water partition coefficient (Wildman–Crippen LogP) is 2.56. The fourth-order valence-corrected chi connectivity index (χ4v) is 2.08. The standard InChI is InChI=1S/C11H11N3S/c1-3-10-6-15-11(14-10)8(2)9-4-12-7-13-5-9/h4-7H,2-3H2,1H3. The first-order chi connectivity index (χ1) is 7.31.